The SMILES string of the molecule is CCOc1ccc(-c2nn3ccc(C(=O)N(CCC(C)C)CCC(C)C)cc3c2C=CCN2CCCCC2)cc1. The lowest BCUT2D eigenvalue weighted by Gasteiger charge is -2.25. The fourth-order valence-electron chi connectivity index (χ4n) is 5.24. The highest BCUT2D eigenvalue weighted by molar-refractivity contribution is 5.96. The largest absolute Gasteiger partial charge is 0.494 e. The molecule has 4 rings (SSSR count). The Morgan fingerprint density at radius 1 is 1.00 bits per heavy atom. The second kappa shape index (κ2) is 14.5. The molecule has 1 aliphatic rings. The van der Waals surface area contributed by atoms with E-state index in [4.69, 9.17) is 9.84 Å². The van der Waals surface area contributed by atoms with Crippen molar-refractivity contribution < 1.29 is 9.53 Å². The van der Waals surface area contributed by atoms with E-state index >= 15 is 0 Å². The molecule has 2 aromatic heterocycles. The van der Waals surface area contributed by atoms with Crippen molar-refractivity contribution in [1.82, 2.24) is 19.4 Å². The molecule has 6 heteroatoms. The third-order valence-corrected chi connectivity index (χ3v) is 7.70. The summed E-state index contributed by atoms with van der Waals surface area (Å²) in [6.45, 7) is 16.3. The van der Waals surface area contributed by atoms with Gasteiger partial charge in [-0.05, 0) is 93.9 Å². The Morgan fingerprint density at radius 2 is 1.68 bits per heavy atom. The number of nitrogens with zero attached hydrogens (tertiary/aromatic N) is 4. The summed E-state index contributed by atoms with van der Waals surface area (Å²) in [6, 6.07) is 12.1. The average Bonchev–Trinajstić information content (AvgIpc) is 3.31. The smallest absolute Gasteiger partial charge is 0.253 e. The molecule has 1 aromatic carbocycles. The molecule has 40 heavy (non-hydrogen) atoms. The van der Waals surface area contributed by atoms with Gasteiger partial charge in [0.15, 0.2) is 0 Å². The first-order valence-electron chi connectivity index (χ1n) is 15.3. The molecule has 216 valence electrons. The van der Waals surface area contributed by atoms with Crippen LogP contribution in [0.4, 0.5) is 0 Å². The number of hydrogen-bond donors (Lipinski definition) is 0. The van der Waals surface area contributed by atoms with Crippen LogP contribution in [0.25, 0.3) is 22.9 Å². The predicted molar refractivity (Wildman–Crippen MR) is 166 cm³/mol. The molecule has 0 atom stereocenters. The summed E-state index contributed by atoms with van der Waals surface area (Å²) in [7, 11) is 0. The van der Waals surface area contributed by atoms with E-state index in [9.17, 15) is 4.79 Å². The second-order valence-corrected chi connectivity index (χ2v) is 11.9. The summed E-state index contributed by atoms with van der Waals surface area (Å²) in [5, 5.41) is 4.97. The highest BCUT2D eigenvalue weighted by Crippen LogP contribution is 2.30. The minimum absolute atomic E-state index is 0.107. The van der Waals surface area contributed by atoms with Gasteiger partial charge in [-0.25, -0.2) is 4.52 Å². The number of hydrogen-bond acceptors (Lipinski definition) is 4. The molecule has 1 aliphatic heterocycles. The first-order chi connectivity index (χ1) is 19.4. The predicted octanol–water partition coefficient (Wildman–Crippen LogP) is 7.43. The molecule has 1 fully saturated rings. The maximum Gasteiger partial charge on any atom is 0.253 e. The topological polar surface area (TPSA) is 50.1 Å². The van der Waals surface area contributed by atoms with Crippen LogP contribution in [0.1, 0.15) is 82.6 Å². The summed E-state index contributed by atoms with van der Waals surface area (Å²) < 4.78 is 7.58. The van der Waals surface area contributed by atoms with Crippen molar-refractivity contribution in [3.8, 4) is 17.0 Å². The molecule has 1 amide bonds. The third-order valence-electron chi connectivity index (χ3n) is 7.70. The molecule has 0 bridgehead atoms. The van der Waals surface area contributed by atoms with Crippen molar-refractivity contribution >= 4 is 17.5 Å². The molecule has 6 nitrogen and oxygen atoms in total. The fourth-order valence-corrected chi connectivity index (χ4v) is 5.24. The molecule has 3 heterocycles. The van der Waals surface area contributed by atoms with Gasteiger partial charge in [0.25, 0.3) is 5.91 Å². The van der Waals surface area contributed by atoms with Crippen molar-refractivity contribution in [3.05, 3.63) is 59.8 Å². The molecule has 0 unspecified atom stereocenters. The van der Waals surface area contributed by atoms with Crippen molar-refractivity contribution in [2.45, 2.75) is 66.7 Å². The lowest BCUT2D eigenvalue weighted by atomic mass is 10.0. The Balaban J connectivity index is 1.69. The Hall–Kier alpha value is -3.12. The summed E-state index contributed by atoms with van der Waals surface area (Å²) in [4.78, 5) is 18.3. The van der Waals surface area contributed by atoms with Gasteiger partial charge in [0.2, 0.25) is 0 Å². The molecule has 1 saturated heterocycles. The van der Waals surface area contributed by atoms with Gasteiger partial charge in [0.1, 0.15) is 11.4 Å². The van der Waals surface area contributed by atoms with E-state index in [-0.39, 0.29) is 5.91 Å². The van der Waals surface area contributed by atoms with E-state index in [1.54, 1.807) is 0 Å². The van der Waals surface area contributed by atoms with Crippen LogP contribution >= 0.6 is 0 Å². The van der Waals surface area contributed by atoms with Crippen LogP contribution in [-0.4, -0.2) is 64.7 Å². The van der Waals surface area contributed by atoms with Crippen molar-refractivity contribution in [3.63, 3.8) is 0 Å². The minimum atomic E-state index is 0.107. The number of ether oxygens (including phenoxy) is 1. The van der Waals surface area contributed by atoms with Gasteiger partial charge in [-0.2, -0.15) is 5.10 Å². The molecular formula is C34H48N4O2. The van der Waals surface area contributed by atoms with E-state index < -0.39 is 0 Å². The monoisotopic (exact) mass is 544 g/mol. The van der Waals surface area contributed by atoms with Crippen LogP contribution in [0.5, 0.6) is 5.75 Å². The summed E-state index contributed by atoms with van der Waals surface area (Å²) in [5.41, 5.74) is 4.68. The summed E-state index contributed by atoms with van der Waals surface area (Å²) in [5.74, 6) is 2.07. The minimum Gasteiger partial charge on any atom is -0.494 e. The molecular weight excluding hydrogens is 496 g/mol. The van der Waals surface area contributed by atoms with Crippen molar-refractivity contribution in [1.29, 1.82) is 0 Å². The van der Waals surface area contributed by atoms with E-state index in [2.05, 4.69) is 56.9 Å². The van der Waals surface area contributed by atoms with Crippen LogP contribution in [0.15, 0.2) is 48.7 Å². The Kier molecular flexibility index (Phi) is 10.8. The first-order valence-corrected chi connectivity index (χ1v) is 15.3. The number of benzene rings is 1. The van der Waals surface area contributed by atoms with Crippen LogP contribution in [0.3, 0.4) is 0 Å². The quantitative estimate of drug-likeness (QED) is 0.224. The van der Waals surface area contributed by atoms with Crippen LogP contribution in [-0.2, 0) is 0 Å². The van der Waals surface area contributed by atoms with Gasteiger partial charge in [-0.3, -0.25) is 9.69 Å². The van der Waals surface area contributed by atoms with Crippen LogP contribution < -0.4 is 4.74 Å². The van der Waals surface area contributed by atoms with Crippen molar-refractivity contribution in [2.75, 3.05) is 39.3 Å². The highest BCUT2D eigenvalue weighted by atomic mass is 16.5. The van der Waals surface area contributed by atoms with Crippen LogP contribution in [0, 0.1) is 11.8 Å². The van der Waals surface area contributed by atoms with Gasteiger partial charge < -0.3 is 9.64 Å². The number of fused-ring (bicyclic) bond motifs is 1. The molecule has 0 N–H and O–H groups in total. The summed E-state index contributed by atoms with van der Waals surface area (Å²) in [6.07, 6.45) is 12.3. The molecule has 0 radical (unpaired) electrons. The lowest BCUT2D eigenvalue weighted by Crippen LogP contribution is -2.34. The Bertz CT molecular complexity index is 1240. The van der Waals surface area contributed by atoms with Gasteiger partial charge in [-0.15, -0.1) is 0 Å². The summed E-state index contributed by atoms with van der Waals surface area (Å²) >= 11 is 0. The highest BCUT2D eigenvalue weighted by Gasteiger charge is 2.20. The molecule has 0 spiro atoms. The number of piperidine rings is 1. The zero-order chi connectivity index (χ0) is 28.5. The number of carbonyl (C=O) groups is 1. The van der Waals surface area contributed by atoms with E-state index in [1.165, 1.54) is 19.3 Å². The number of pyridine rings is 1. The normalized spacial score (nSPS) is 14.6. The number of amides is 1. The number of rotatable bonds is 13. The van der Waals surface area contributed by atoms with Gasteiger partial charge >= 0.3 is 0 Å². The van der Waals surface area contributed by atoms with Crippen molar-refractivity contribution in [2.24, 2.45) is 11.8 Å². The zero-order valence-electron chi connectivity index (χ0n) is 25.2. The lowest BCUT2D eigenvalue weighted by molar-refractivity contribution is 0.0741. The molecule has 3 aromatic rings. The van der Waals surface area contributed by atoms with Gasteiger partial charge in [0, 0.05) is 42.5 Å². The Labute approximate surface area is 241 Å². The van der Waals surface area contributed by atoms with E-state index in [0.29, 0.717) is 18.4 Å². The maximum absolute atomic E-state index is 13.8. The fraction of sp³-hybridized carbons (Fsp3) is 0.529. The number of carbonyl (C=O) groups excluding carboxylic acids is 1. The van der Waals surface area contributed by atoms with E-state index in [0.717, 1.165) is 79.2 Å². The third kappa shape index (κ3) is 7.97. The number of aromatic nitrogens is 2. The zero-order valence-corrected chi connectivity index (χ0v) is 25.2. The number of likely N-dealkylation sites (tertiary alicyclic amines) is 1. The van der Waals surface area contributed by atoms with Gasteiger partial charge in [-0.1, -0.05) is 46.3 Å². The van der Waals surface area contributed by atoms with E-state index in [1.807, 2.05) is 46.8 Å². The maximum atomic E-state index is 13.8. The Morgan fingerprint density at radius 3 is 2.30 bits per heavy atom. The first kappa shape index (κ1) is 29.9. The average molecular weight is 545 g/mol. The standard InChI is InChI=1S/C34H48N4O2/c1-6-40-30-14-12-28(13-15-30)33-31(11-10-21-36-19-8-7-9-20-36)32-25-29(18-24-38(32)35-33)34(39)37(22-16-26(2)3)23-17-27(4)5/h10-15,18,24-27H,6-9,16-17,19-23H2,1-5H3. The second-order valence-electron chi connectivity index (χ2n) is 11.9. The molecule has 0 saturated carbocycles. The van der Waals surface area contributed by atoms with Crippen LogP contribution in [0.2, 0.25) is 0 Å². The molecule has 0 aliphatic carbocycles. The van der Waals surface area contributed by atoms with Gasteiger partial charge in [0.05, 0.1) is 12.1 Å².